The third kappa shape index (κ3) is 2.12. The second-order valence-corrected chi connectivity index (χ2v) is 3.37. The Hall–Kier alpha value is -1.24. The van der Waals surface area contributed by atoms with Gasteiger partial charge in [0.05, 0.1) is 0 Å². The van der Waals surface area contributed by atoms with Crippen LogP contribution in [0.2, 0.25) is 0 Å². The number of hydrogen-bond acceptors (Lipinski definition) is 0. The molecule has 0 aliphatic carbocycles. The quantitative estimate of drug-likeness (QED) is 0.564. The highest BCUT2D eigenvalue weighted by Crippen LogP contribution is 2.02. The Morgan fingerprint density at radius 1 is 0.846 bits per heavy atom. The van der Waals surface area contributed by atoms with Gasteiger partial charge in [-0.25, -0.2) is 0 Å². The Bertz CT molecular complexity index is 297. The van der Waals surface area contributed by atoms with Gasteiger partial charge >= 0.3 is 0 Å². The molecule has 0 radical (unpaired) electrons. The van der Waals surface area contributed by atoms with E-state index in [1.54, 1.807) is 0 Å². The third-order valence-corrected chi connectivity index (χ3v) is 2.37. The minimum absolute atomic E-state index is 0.490. The summed E-state index contributed by atoms with van der Waals surface area (Å²) in [6.45, 7) is 0.490. The first-order chi connectivity index (χ1) is 6.47. The Kier molecular flexibility index (Phi) is 2.66. The Morgan fingerprint density at radius 2 is 1.46 bits per heavy atom. The SMILES string of the molecule is C1=CB(c2ccccc2)C=CCC1. The molecule has 0 N–H and O–H groups in total. The minimum atomic E-state index is 0.490. The van der Waals surface area contributed by atoms with Crippen LogP contribution in [0.15, 0.2) is 54.4 Å². The average molecular weight is 168 g/mol. The predicted molar refractivity (Wildman–Crippen MR) is 59.3 cm³/mol. The molecule has 0 bridgehead atoms. The van der Waals surface area contributed by atoms with Crippen LogP contribution in [0.5, 0.6) is 0 Å². The van der Waals surface area contributed by atoms with Gasteiger partial charge in [0, 0.05) is 0 Å². The molecular weight excluding hydrogens is 155 g/mol. The van der Waals surface area contributed by atoms with E-state index >= 15 is 0 Å². The number of hydrogen-bond donors (Lipinski definition) is 0. The maximum atomic E-state index is 2.29. The van der Waals surface area contributed by atoms with E-state index in [1.165, 1.54) is 18.3 Å². The minimum Gasteiger partial charge on any atom is -0.110 e. The third-order valence-electron chi connectivity index (χ3n) is 2.37. The van der Waals surface area contributed by atoms with Gasteiger partial charge in [-0.3, -0.25) is 0 Å². The second-order valence-electron chi connectivity index (χ2n) is 3.37. The van der Waals surface area contributed by atoms with Gasteiger partial charge in [-0.2, -0.15) is 0 Å². The summed E-state index contributed by atoms with van der Waals surface area (Å²) >= 11 is 0. The zero-order valence-electron chi connectivity index (χ0n) is 7.69. The fourth-order valence-corrected chi connectivity index (χ4v) is 1.64. The molecule has 2 rings (SSSR count). The van der Waals surface area contributed by atoms with E-state index < -0.39 is 0 Å². The van der Waals surface area contributed by atoms with Gasteiger partial charge in [0.1, 0.15) is 0 Å². The molecule has 0 unspecified atom stereocenters. The molecule has 1 heterocycles. The van der Waals surface area contributed by atoms with Crippen LogP contribution >= 0.6 is 0 Å². The normalized spacial score (nSPS) is 15.8. The summed E-state index contributed by atoms with van der Waals surface area (Å²) in [5.41, 5.74) is 1.39. The van der Waals surface area contributed by atoms with Crippen LogP contribution in [0.3, 0.4) is 0 Å². The molecule has 0 saturated heterocycles. The van der Waals surface area contributed by atoms with Crippen molar-refractivity contribution in [2.24, 2.45) is 0 Å². The van der Waals surface area contributed by atoms with Crippen molar-refractivity contribution in [2.45, 2.75) is 12.8 Å². The number of allylic oxidation sites excluding steroid dienone is 2. The Labute approximate surface area is 80.1 Å². The molecule has 0 spiro atoms. The van der Waals surface area contributed by atoms with Crippen molar-refractivity contribution in [1.82, 2.24) is 0 Å². The molecule has 0 saturated carbocycles. The highest BCUT2D eigenvalue weighted by Gasteiger charge is 2.08. The summed E-state index contributed by atoms with van der Waals surface area (Å²) in [6.07, 6.45) is 6.91. The van der Waals surface area contributed by atoms with E-state index in [0.29, 0.717) is 6.71 Å². The van der Waals surface area contributed by atoms with Crippen LogP contribution < -0.4 is 5.46 Å². The zero-order valence-corrected chi connectivity index (χ0v) is 7.69. The predicted octanol–water partition coefficient (Wildman–Crippen LogP) is 2.37. The van der Waals surface area contributed by atoms with Crippen molar-refractivity contribution in [3.8, 4) is 0 Å². The lowest BCUT2D eigenvalue weighted by Gasteiger charge is -2.02. The van der Waals surface area contributed by atoms with Crippen molar-refractivity contribution in [3.63, 3.8) is 0 Å². The van der Waals surface area contributed by atoms with Gasteiger partial charge in [-0.1, -0.05) is 47.9 Å². The number of rotatable bonds is 1. The van der Waals surface area contributed by atoms with Gasteiger partial charge in [-0.15, -0.1) is 12.0 Å². The summed E-state index contributed by atoms with van der Waals surface area (Å²) in [7, 11) is 0. The molecule has 0 amide bonds. The standard InChI is InChI=1S/C12H13B/c1-2-7-11-13(10-6-1)12-8-4-3-5-9-12/h3-11H,1-2H2. The molecule has 13 heavy (non-hydrogen) atoms. The van der Waals surface area contributed by atoms with Crippen molar-refractivity contribution in [3.05, 3.63) is 54.4 Å². The maximum absolute atomic E-state index is 2.29. The second kappa shape index (κ2) is 4.13. The number of benzene rings is 1. The summed E-state index contributed by atoms with van der Waals surface area (Å²) in [6, 6.07) is 10.6. The van der Waals surface area contributed by atoms with E-state index in [4.69, 9.17) is 0 Å². The monoisotopic (exact) mass is 168 g/mol. The average Bonchev–Trinajstić information content (AvgIpc) is 2.47. The van der Waals surface area contributed by atoms with Crippen molar-refractivity contribution in [2.75, 3.05) is 0 Å². The van der Waals surface area contributed by atoms with Gasteiger partial charge in [0.25, 0.3) is 0 Å². The van der Waals surface area contributed by atoms with Crippen LogP contribution in [0.4, 0.5) is 0 Å². The van der Waals surface area contributed by atoms with Crippen LogP contribution in [-0.4, -0.2) is 6.71 Å². The van der Waals surface area contributed by atoms with E-state index in [1.807, 2.05) is 0 Å². The maximum Gasteiger partial charge on any atom is 0.225 e. The Balaban J connectivity index is 2.25. The fraction of sp³-hybridized carbons (Fsp3) is 0.167. The lowest BCUT2D eigenvalue weighted by molar-refractivity contribution is 1.06. The molecule has 64 valence electrons. The summed E-state index contributed by atoms with van der Waals surface area (Å²) in [4.78, 5) is 0. The van der Waals surface area contributed by atoms with Crippen molar-refractivity contribution < 1.29 is 0 Å². The molecule has 1 heteroatoms. The van der Waals surface area contributed by atoms with Gasteiger partial charge in [0.15, 0.2) is 0 Å². The van der Waals surface area contributed by atoms with Gasteiger partial charge < -0.3 is 0 Å². The van der Waals surface area contributed by atoms with Crippen molar-refractivity contribution in [1.29, 1.82) is 0 Å². The first-order valence-electron chi connectivity index (χ1n) is 4.85. The lowest BCUT2D eigenvalue weighted by atomic mass is 9.45. The van der Waals surface area contributed by atoms with Crippen LogP contribution in [-0.2, 0) is 0 Å². The molecule has 1 aliphatic rings. The molecule has 1 aliphatic heterocycles. The molecule has 0 aromatic heterocycles. The smallest absolute Gasteiger partial charge is 0.110 e. The molecule has 1 aromatic carbocycles. The van der Waals surface area contributed by atoms with E-state index in [2.05, 4.69) is 54.4 Å². The fourth-order valence-electron chi connectivity index (χ4n) is 1.64. The van der Waals surface area contributed by atoms with E-state index in [9.17, 15) is 0 Å². The van der Waals surface area contributed by atoms with Crippen LogP contribution in [0, 0.1) is 0 Å². The topological polar surface area (TPSA) is 0 Å². The van der Waals surface area contributed by atoms with Crippen LogP contribution in [0.1, 0.15) is 12.8 Å². The molecular formula is C12H13B. The Morgan fingerprint density at radius 3 is 2.08 bits per heavy atom. The highest BCUT2D eigenvalue weighted by atomic mass is 13.9. The van der Waals surface area contributed by atoms with Crippen molar-refractivity contribution >= 4 is 12.2 Å². The molecule has 0 fully saturated rings. The summed E-state index contributed by atoms with van der Waals surface area (Å²) < 4.78 is 0. The van der Waals surface area contributed by atoms with E-state index in [0.717, 1.165) is 0 Å². The zero-order chi connectivity index (χ0) is 8.93. The molecule has 0 atom stereocenters. The first-order valence-corrected chi connectivity index (χ1v) is 4.85. The molecule has 1 aromatic rings. The highest BCUT2D eigenvalue weighted by molar-refractivity contribution is 6.82. The lowest BCUT2D eigenvalue weighted by Crippen LogP contribution is -2.25. The summed E-state index contributed by atoms with van der Waals surface area (Å²) in [5.74, 6) is 4.58. The first kappa shape index (κ1) is 8.37. The summed E-state index contributed by atoms with van der Waals surface area (Å²) in [5, 5.41) is 0. The van der Waals surface area contributed by atoms with Gasteiger partial charge in [0.2, 0.25) is 6.71 Å². The largest absolute Gasteiger partial charge is 0.225 e. The van der Waals surface area contributed by atoms with Crippen LogP contribution in [0.25, 0.3) is 0 Å². The van der Waals surface area contributed by atoms with Gasteiger partial charge in [-0.05, 0) is 12.8 Å². The molecule has 0 nitrogen and oxygen atoms in total. The van der Waals surface area contributed by atoms with E-state index in [-0.39, 0.29) is 0 Å².